The number of carboxylic acid groups (broad SMARTS) is 1. The lowest BCUT2D eigenvalue weighted by Crippen LogP contribution is -2.33. The van der Waals surface area contributed by atoms with E-state index in [2.05, 4.69) is 11.1 Å². The van der Waals surface area contributed by atoms with Gasteiger partial charge < -0.3 is 5.11 Å². The molecule has 0 fully saturated rings. The Balaban J connectivity index is 1.86. The van der Waals surface area contributed by atoms with Crippen LogP contribution in [0.1, 0.15) is 6.42 Å². The van der Waals surface area contributed by atoms with E-state index in [0.717, 1.165) is 22.2 Å². The van der Waals surface area contributed by atoms with Gasteiger partial charge in [-0.25, -0.2) is 9.55 Å². The molecule has 0 aliphatic carbocycles. The van der Waals surface area contributed by atoms with Crippen LogP contribution in [-0.4, -0.2) is 16.1 Å². The first-order valence-corrected chi connectivity index (χ1v) is 6.79. The summed E-state index contributed by atoms with van der Waals surface area (Å²) in [5, 5.41) is 9.80. The first-order chi connectivity index (χ1) is 10.2. The average Bonchev–Trinajstić information content (AvgIpc) is 2.53. The Hall–Kier alpha value is -2.75. The zero-order chi connectivity index (χ0) is 14.7. The van der Waals surface area contributed by atoms with Crippen LogP contribution in [0.4, 0.5) is 0 Å². The van der Waals surface area contributed by atoms with Gasteiger partial charge in [0.1, 0.15) is 6.42 Å². The molecule has 4 nitrogen and oxygen atoms in total. The number of aliphatic carboxylic acids is 1. The molecule has 0 atom stereocenters. The van der Waals surface area contributed by atoms with Crippen LogP contribution in [0.25, 0.3) is 22.2 Å². The molecule has 0 saturated heterocycles. The summed E-state index contributed by atoms with van der Waals surface area (Å²) in [5.41, 5.74) is 2.91. The molecular formula is C17H15N2O2+. The standard InChI is InChI=1S/C17H14N2O2/c20-17(21)9-12-19-10-7-14(8-11-19)16-6-5-13-3-1-2-4-15(13)18-16/h1-8,10-11H,9,12H2/p+1. The molecule has 0 unspecified atom stereocenters. The van der Waals surface area contributed by atoms with E-state index in [1.165, 1.54) is 0 Å². The van der Waals surface area contributed by atoms with Crippen molar-refractivity contribution < 1.29 is 14.5 Å². The predicted molar refractivity (Wildman–Crippen MR) is 79.6 cm³/mol. The van der Waals surface area contributed by atoms with Crippen molar-refractivity contribution in [3.8, 4) is 11.3 Å². The van der Waals surface area contributed by atoms with Crippen molar-refractivity contribution in [3.63, 3.8) is 0 Å². The Morgan fingerprint density at radius 3 is 2.57 bits per heavy atom. The fraction of sp³-hybridized carbons (Fsp3) is 0.118. The van der Waals surface area contributed by atoms with Crippen molar-refractivity contribution in [3.05, 3.63) is 60.9 Å². The molecule has 0 bridgehead atoms. The molecule has 21 heavy (non-hydrogen) atoms. The third-order valence-corrected chi connectivity index (χ3v) is 3.37. The number of benzene rings is 1. The third-order valence-electron chi connectivity index (χ3n) is 3.37. The van der Waals surface area contributed by atoms with Crippen molar-refractivity contribution in [2.45, 2.75) is 13.0 Å². The zero-order valence-electron chi connectivity index (χ0n) is 11.4. The average molecular weight is 279 g/mol. The van der Waals surface area contributed by atoms with Crippen molar-refractivity contribution in [1.82, 2.24) is 4.98 Å². The topological polar surface area (TPSA) is 54.1 Å². The molecular weight excluding hydrogens is 264 g/mol. The highest BCUT2D eigenvalue weighted by Gasteiger charge is 2.07. The predicted octanol–water partition coefficient (Wildman–Crippen LogP) is 2.66. The summed E-state index contributed by atoms with van der Waals surface area (Å²) in [7, 11) is 0. The molecule has 1 aromatic carbocycles. The van der Waals surface area contributed by atoms with Gasteiger partial charge >= 0.3 is 5.97 Å². The van der Waals surface area contributed by atoms with Crippen LogP contribution in [0.3, 0.4) is 0 Å². The highest BCUT2D eigenvalue weighted by molar-refractivity contribution is 5.81. The maximum absolute atomic E-state index is 10.6. The zero-order valence-corrected chi connectivity index (χ0v) is 11.4. The second-order valence-corrected chi connectivity index (χ2v) is 4.86. The molecule has 4 heteroatoms. The lowest BCUT2D eigenvalue weighted by Gasteiger charge is -2.02. The maximum Gasteiger partial charge on any atom is 0.309 e. The molecule has 2 aromatic heterocycles. The molecule has 0 radical (unpaired) electrons. The number of carboxylic acids is 1. The summed E-state index contributed by atoms with van der Waals surface area (Å²) in [6.45, 7) is 0.473. The van der Waals surface area contributed by atoms with Crippen molar-refractivity contribution in [2.75, 3.05) is 0 Å². The number of hydrogen-bond acceptors (Lipinski definition) is 2. The number of fused-ring (bicyclic) bond motifs is 1. The van der Waals surface area contributed by atoms with E-state index in [9.17, 15) is 4.79 Å². The van der Waals surface area contributed by atoms with Gasteiger partial charge in [0.25, 0.3) is 0 Å². The van der Waals surface area contributed by atoms with E-state index in [1.54, 1.807) is 0 Å². The Bertz CT molecular complexity index is 782. The highest BCUT2D eigenvalue weighted by atomic mass is 16.4. The Labute approximate surface area is 122 Å². The number of nitrogens with zero attached hydrogens (tertiary/aromatic N) is 2. The number of aryl methyl sites for hydroxylation is 1. The number of rotatable bonds is 4. The van der Waals surface area contributed by atoms with Gasteiger partial charge in [-0.05, 0) is 12.1 Å². The summed E-state index contributed by atoms with van der Waals surface area (Å²) in [5.74, 6) is -0.789. The van der Waals surface area contributed by atoms with Crippen LogP contribution in [0.5, 0.6) is 0 Å². The van der Waals surface area contributed by atoms with Crippen LogP contribution in [0.15, 0.2) is 60.9 Å². The highest BCUT2D eigenvalue weighted by Crippen LogP contribution is 2.19. The van der Waals surface area contributed by atoms with Crippen LogP contribution >= 0.6 is 0 Å². The van der Waals surface area contributed by atoms with Gasteiger partial charge in [0.2, 0.25) is 0 Å². The Morgan fingerprint density at radius 1 is 1.05 bits per heavy atom. The monoisotopic (exact) mass is 279 g/mol. The second-order valence-electron chi connectivity index (χ2n) is 4.86. The van der Waals surface area contributed by atoms with E-state index in [1.807, 2.05) is 59.4 Å². The van der Waals surface area contributed by atoms with Gasteiger partial charge in [0, 0.05) is 23.1 Å². The van der Waals surface area contributed by atoms with E-state index in [0.29, 0.717) is 6.54 Å². The fourth-order valence-corrected chi connectivity index (χ4v) is 2.23. The molecule has 0 spiro atoms. The van der Waals surface area contributed by atoms with Gasteiger partial charge in [0.05, 0.1) is 11.2 Å². The van der Waals surface area contributed by atoms with Crippen molar-refractivity contribution in [1.29, 1.82) is 0 Å². The summed E-state index contributed by atoms with van der Waals surface area (Å²) < 4.78 is 1.86. The van der Waals surface area contributed by atoms with Gasteiger partial charge in [-0.3, -0.25) is 4.79 Å². The number of pyridine rings is 2. The number of hydrogen-bond donors (Lipinski definition) is 1. The van der Waals surface area contributed by atoms with E-state index in [4.69, 9.17) is 5.11 Å². The largest absolute Gasteiger partial charge is 0.481 e. The number of aromatic nitrogens is 2. The molecule has 2 heterocycles. The molecule has 0 aliphatic rings. The normalized spacial score (nSPS) is 10.7. The molecule has 104 valence electrons. The summed E-state index contributed by atoms with van der Waals surface area (Å²) in [4.78, 5) is 15.2. The number of para-hydroxylation sites is 1. The SMILES string of the molecule is O=C(O)CC[n+]1ccc(-c2ccc3ccccc3n2)cc1. The first kappa shape index (κ1) is 13.2. The molecule has 3 aromatic rings. The van der Waals surface area contributed by atoms with Crippen LogP contribution in [0.2, 0.25) is 0 Å². The Kier molecular flexibility index (Phi) is 3.60. The third kappa shape index (κ3) is 3.05. The fourth-order valence-electron chi connectivity index (χ4n) is 2.23. The molecule has 0 amide bonds. The number of carbonyl (C=O) groups is 1. The van der Waals surface area contributed by atoms with Gasteiger partial charge in [-0.15, -0.1) is 0 Å². The minimum absolute atomic E-state index is 0.123. The smallest absolute Gasteiger partial charge is 0.309 e. The lowest BCUT2D eigenvalue weighted by atomic mass is 10.1. The minimum atomic E-state index is -0.789. The van der Waals surface area contributed by atoms with Gasteiger partial charge in [-0.2, -0.15) is 0 Å². The van der Waals surface area contributed by atoms with Gasteiger partial charge in [-0.1, -0.05) is 24.3 Å². The van der Waals surface area contributed by atoms with E-state index < -0.39 is 5.97 Å². The van der Waals surface area contributed by atoms with E-state index in [-0.39, 0.29) is 6.42 Å². The molecule has 0 aliphatic heterocycles. The summed E-state index contributed by atoms with van der Waals surface area (Å²) in [6, 6.07) is 16.0. The quantitative estimate of drug-likeness (QED) is 0.747. The van der Waals surface area contributed by atoms with Crippen LogP contribution < -0.4 is 4.57 Å². The summed E-state index contributed by atoms with van der Waals surface area (Å²) in [6.07, 6.45) is 3.89. The first-order valence-electron chi connectivity index (χ1n) is 6.79. The van der Waals surface area contributed by atoms with Crippen molar-refractivity contribution in [2.24, 2.45) is 0 Å². The van der Waals surface area contributed by atoms with E-state index >= 15 is 0 Å². The second kappa shape index (κ2) is 5.71. The van der Waals surface area contributed by atoms with Gasteiger partial charge in [0.15, 0.2) is 18.9 Å². The summed E-state index contributed by atoms with van der Waals surface area (Å²) >= 11 is 0. The molecule has 3 rings (SSSR count). The Morgan fingerprint density at radius 2 is 1.81 bits per heavy atom. The maximum atomic E-state index is 10.6. The molecule has 0 saturated carbocycles. The van der Waals surface area contributed by atoms with Crippen LogP contribution in [0, 0.1) is 0 Å². The minimum Gasteiger partial charge on any atom is -0.481 e. The van der Waals surface area contributed by atoms with Crippen LogP contribution in [-0.2, 0) is 11.3 Å². The molecule has 1 N–H and O–H groups in total. The lowest BCUT2D eigenvalue weighted by molar-refractivity contribution is -0.695. The van der Waals surface area contributed by atoms with Crippen molar-refractivity contribution >= 4 is 16.9 Å².